The van der Waals surface area contributed by atoms with Crippen LogP contribution in [0.4, 0.5) is 18.9 Å². The number of halogens is 3. The number of pyridine rings is 1. The molecule has 31 heavy (non-hydrogen) atoms. The summed E-state index contributed by atoms with van der Waals surface area (Å²) in [7, 11) is 0. The van der Waals surface area contributed by atoms with E-state index in [1.165, 1.54) is 18.3 Å². The summed E-state index contributed by atoms with van der Waals surface area (Å²) >= 11 is 0. The zero-order chi connectivity index (χ0) is 22.8. The lowest BCUT2D eigenvalue weighted by Crippen LogP contribution is -2.45. The maximum absolute atomic E-state index is 14.8. The predicted octanol–water partition coefficient (Wildman–Crippen LogP) is 3.50. The molecule has 1 aromatic heterocycles. The Morgan fingerprint density at radius 2 is 2.03 bits per heavy atom. The summed E-state index contributed by atoms with van der Waals surface area (Å²) in [5.74, 6) is -4.73. The van der Waals surface area contributed by atoms with Crippen molar-refractivity contribution < 1.29 is 27.4 Å². The number of nitrogens with two attached hydrogens (primary N) is 1. The zero-order valence-corrected chi connectivity index (χ0v) is 17.3. The standard InChI is InChI=1S/C21H23F3N4O3/c1-12(2)31-14-5-7-17(26-9-14)19(29)27-13-4-6-16(22)15(8-13)20(3)21(23,24)11-30-10-18(25)28-20/h4-9,12H,10-11H2,1-3H3,(H2,25,28)(H,27,29)/t20-/m1/s1. The Bertz CT molecular complexity index is 996. The van der Waals surface area contributed by atoms with Crippen LogP contribution < -0.4 is 15.8 Å². The van der Waals surface area contributed by atoms with Gasteiger partial charge in [0.05, 0.1) is 12.3 Å². The van der Waals surface area contributed by atoms with E-state index in [-0.39, 0.29) is 29.9 Å². The minimum Gasteiger partial charge on any atom is -0.489 e. The highest BCUT2D eigenvalue weighted by Crippen LogP contribution is 2.44. The quantitative estimate of drug-likeness (QED) is 0.748. The smallest absolute Gasteiger partial charge is 0.299 e. The van der Waals surface area contributed by atoms with Gasteiger partial charge in [0.2, 0.25) is 0 Å². The number of hydrogen-bond donors (Lipinski definition) is 2. The van der Waals surface area contributed by atoms with Crippen LogP contribution in [0.25, 0.3) is 0 Å². The SMILES string of the molecule is CC(C)Oc1ccc(C(=O)Nc2ccc(F)c([C@@]3(C)N=C(N)COCC3(F)F)c2)nc1. The number of ether oxygens (including phenoxy) is 2. The number of nitrogens with one attached hydrogen (secondary N) is 1. The van der Waals surface area contributed by atoms with Gasteiger partial charge < -0.3 is 20.5 Å². The van der Waals surface area contributed by atoms with Gasteiger partial charge in [0, 0.05) is 11.3 Å². The lowest BCUT2D eigenvalue weighted by atomic mass is 9.85. The monoisotopic (exact) mass is 436 g/mol. The maximum Gasteiger partial charge on any atom is 0.299 e. The van der Waals surface area contributed by atoms with Crippen molar-refractivity contribution in [2.75, 3.05) is 18.5 Å². The summed E-state index contributed by atoms with van der Waals surface area (Å²) < 4.78 is 54.5. The highest BCUT2D eigenvalue weighted by molar-refractivity contribution is 6.02. The fourth-order valence-corrected chi connectivity index (χ4v) is 3.11. The molecule has 0 saturated heterocycles. The van der Waals surface area contributed by atoms with Crippen LogP contribution in [0, 0.1) is 5.82 Å². The van der Waals surface area contributed by atoms with Crippen LogP contribution in [0.3, 0.4) is 0 Å². The number of amides is 1. The molecule has 0 unspecified atom stereocenters. The van der Waals surface area contributed by atoms with Gasteiger partial charge in [-0.05, 0) is 51.1 Å². The lowest BCUT2D eigenvalue weighted by molar-refractivity contribution is -0.116. The molecule has 1 aliphatic heterocycles. The second-order valence-corrected chi connectivity index (χ2v) is 7.57. The van der Waals surface area contributed by atoms with Crippen LogP contribution in [0.5, 0.6) is 5.75 Å². The van der Waals surface area contributed by atoms with E-state index in [2.05, 4.69) is 15.3 Å². The first-order valence-electron chi connectivity index (χ1n) is 9.56. The van der Waals surface area contributed by atoms with Gasteiger partial charge in [-0.2, -0.15) is 0 Å². The first-order chi connectivity index (χ1) is 14.5. The summed E-state index contributed by atoms with van der Waals surface area (Å²) in [6.07, 6.45) is 1.35. The topological polar surface area (TPSA) is 98.8 Å². The van der Waals surface area contributed by atoms with E-state index in [0.29, 0.717) is 5.75 Å². The maximum atomic E-state index is 14.8. The van der Waals surface area contributed by atoms with Gasteiger partial charge in [0.15, 0.2) is 5.54 Å². The second-order valence-electron chi connectivity index (χ2n) is 7.57. The van der Waals surface area contributed by atoms with Gasteiger partial charge in [0.1, 0.15) is 36.3 Å². The van der Waals surface area contributed by atoms with Gasteiger partial charge in [-0.25, -0.2) is 18.2 Å². The number of aromatic nitrogens is 1. The minimum absolute atomic E-state index is 0.0512. The summed E-state index contributed by atoms with van der Waals surface area (Å²) in [5, 5.41) is 2.53. The third-order valence-electron chi connectivity index (χ3n) is 4.70. The molecule has 0 aliphatic carbocycles. The molecule has 1 aliphatic rings. The van der Waals surface area contributed by atoms with Crippen molar-refractivity contribution in [3.8, 4) is 5.75 Å². The number of anilines is 1. The normalized spacial score (nSPS) is 20.7. The van der Waals surface area contributed by atoms with E-state index in [9.17, 15) is 18.0 Å². The van der Waals surface area contributed by atoms with Crippen molar-refractivity contribution in [2.24, 2.45) is 10.7 Å². The van der Waals surface area contributed by atoms with Crippen LogP contribution >= 0.6 is 0 Å². The third-order valence-corrected chi connectivity index (χ3v) is 4.70. The highest BCUT2D eigenvalue weighted by Gasteiger charge is 2.54. The molecule has 3 N–H and O–H groups in total. The van der Waals surface area contributed by atoms with E-state index in [4.69, 9.17) is 15.2 Å². The summed E-state index contributed by atoms with van der Waals surface area (Å²) in [4.78, 5) is 20.4. The van der Waals surface area contributed by atoms with Crippen LogP contribution in [0.15, 0.2) is 41.5 Å². The fraction of sp³-hybridized carbons (Fsp3) is 0.381. The fourth-order valence-electron chi connectivity index (χ4n) is 3.11. The molecule has 3 rings (SSSR count). The number of benzene rings is 1. The van der Waals surface area contributed by atoms with Gasteiger partial charge in [-0.15, -0.1) is 0 Å². The van der Waals surface area contributed by atoms with Gasteiger partial charge in [0.25, 0.3) is 11.8 Å². The predicted molar refractivity (Wildman–Crippen MR) is 109 cm³/mol. The molecular formula is C21H23F3N4O3. The Kier molecular flexibility index (Phi) is 6.21. The summed E-state index contributed by atoms with van der Waals surface area (Å²) in [6, 6.07) is 6.40. The molecule has 0 radical (unpaired) electrons. The van der Waals surface area contributed by atoms with Crippen LogP contribution in [-0.2, 0) is 10.3 Å². The van der Waals surface area contributed by atoms with E-state index in [1.807, 2.05) is 13.8 Å². The van der Waals surface area contributed by atoms with E-state index >= 15 is 0 Å². The van der Waals surface area contributed by atoms with Crippen molar-refractivity contribution in [2.45, 2.75) is 38.3 Å². The molecule has 0 saturated carbocycles. The Hall–Kier alpha value is -3.14. The lowest BCUT2D eigenvalue weighted by Gasteiger charge is -2.33. The van der Waals surface area contributed by atoms with Crippen molar-refractivity contribution in [3.05, 3.63) is 53.6 Å². The minimum atomic E-state index is -3.54. The molecule has 1 atom stereocenters. The Morgan fingerprint density at radius 1 is 1.29 bits per heavy atom. The Morgan fingerprint density at radius 3 is 2.68 bits per heavy atom. The molecule has 0 spiro atoms. The number of rotatable bonds is 5. The summed E-state index contributed by atoms with van der Waals surface area (Å²) in [6.45, 7) is 3.53. The molecule has 166 valence electrons. The molecular weight excluding hydrogens is 413 g/mol. The number of alkyl halides is 2. The van der Waals surface area contributed by atoms with E-state index in [0.717, 1.165) is 19.1 Å². The van der Waals surface area contributed by atoms with Gasteiger partial charge in [-0.1, -0.05) is 0 Å². The van der Waals surface area contributed by atoms with Gasteiger partial charge >= 0.3 is 0 Å². The molecule has 7 nitrogen and oxygen atoms in total. The van der Waals surface area contributed by atoms with E-state index in [1.54, 1.807) is 6.07 Å². The molecule has 2 heterocycles. The van der Waals surface area contributed by atoms with Gasteiger partial charge in [-0.3, -0.25) is 9.79 Å². The number of aliphatic imine (C=N–C) groups is 1. The van der Waals surface area contributed by atoms with E-state index < -0.39 is 35.4 Å². The van der Waals surface area contributed by atoms with Crippen molar-refractivity contribution >= 4 is 17.4 Å². The third kappa shape index (κ3) is 4.79. The largest absolute Gasteiger partial charge is 0.489 e. The summed E-state index contributed by atoms with van der Waals surface area (Å²) in [5.41, 5.74) is 3.08. The Labute approximate surface area is 177 Å². The molecule has 1 amide bonds. The molecule has 0 fully saturated rings. The number of amidine groups is 1. The Balaban J connectivity index is 1.89. The van der Waals surface area contributed by atoms with Crippen LogP contribution in [0.2, 0.25) is 0 Å². The number of carbonyl (C=O) groups excluding carboxylic acids is 1. The molecule has 10 heteroatoms. The molecule has 2 aromatic rings. The van der Waals surface area contributed by atoms with Crippen LogP contribution in [-0.4, -0.2) is 42.0 Å². The molecule has 0 bridgehead atoms. The van der Waals surface area contributed by atoms with Crippen molar-refractivity contribution in [1.29, 1.82) is 0 Å². The second kappa shape index (κ2) is 8.54. The average molecular weight is 436 g/mol. The highest BCUT2D eigenvalue weighted by atomic mass is 19.3. The van der Waals surface area contributed by atoms with Crippen LogP contribution in [0.1, 0.15) is 36.8 Å². The number of nitrogens with zero attached hydrogens (tertiary/aromatic N) is 2. The zero-order valence-electron chi connectivity index (χ0n) is 17.3. The first-order valence-corrected chi connectivity index (χ1v) is 9.56. The molecule has 1 aromatic carbocycles. The average Bonchev–Trinajstić information content (AvgIpc) is 2.78. The number of hydrogen-bond acceptors (Lipinski definition) is 6. The van der Waals surface area contributed by atoms with Crippen molar-refractivity contribution in [3.63, 3.8) is 0 Å². The van der Waals surface area contributed by atoms with Crippen molar-refractivity contribution in [1.82, 2.24) is 4.98 Å². The first kappa shape index (κ1) is 22.5. The number of carbonyl (C=O) groups is 1.